The van der Waals surface area contributed by atoms with Gasteiger partial charge in [-0.3, -0.25) is 4.79 Å². The quantitative estimate of drug-likeness (QED) is 0.290. The molecule has 4 nitrogen and oxygen atoms in total. The number of carbonyl (C=O) groups is 1. The summed E-state index contributed by atoms with van der Waals surface area (Å²) < 4.78 is -0.965. The number of rotatable bonds is 4. The van der Waals surface area contributed by atoms with Crippen LogP contribution in [0.25, 0.3) is 0 Å². The number of amides is 1. The third kappa shape index (κ3) is 6.80. The Morgan fingerprint density at radius 2 is 1.70 bits per heavy atom. The van der Waals surface area contributed by atoms with Crippen LogP contribution < -0.4 is 16.0 Å². The van der Waals surface area contributed by atoms with Crippen LogP contribution in [0.2, 0.25) is 0 Å². The van der Waals surface area contributed by atoms with E-state index in [4.69, 9.17) is 47.0 Å². The van der Waals surface area contributed by atoms with Gasteiger partial charge in [0.2, 0.25) is 3.79 Å². The van der Waals surface area contributed by atoms with Gasteiger partial charge in [-0.2, -0.15) is 0 Å². The summed E-state index contributed by atoms with van der Waals surface area (Å²) in [5.41, 5.74) is 3.40. The number of nitrogens with one attached hydrogen (secondary N) is 3. The van der Waals surface area contributed by atoms with Gasteiger partial charge in [0.1, 0.15) is 6.17 Å². The van der Waals surface area contributed by atoms with E-state index in [9.17, 15) is 4.79 Å². The number of alkyl halides is 3. The fraction of sp³-hybridized carbons (Fsp3) is 0.222. The van der Waals surface area contributed by atoms with E-state index in [1.54, 1.807) is 24.3 Å². The number of thiocarbonyl (C=S) groups is 1. The summed E-state index contributed by atoms with van der Waals surface area (Å²) in [5, 5.41) is 8.75. The summed E-state index contributed by atoms with van der Waals surface area (Å²) in [6.07, 6.45) is -1.04. The van der Waals surface area contributed by atoms with Crippen LogP contribution in [0.1, 0.15) is 21.5 Å². The highest BCUT2D eigenvalue weighted by atomic mass is 79.9. The van der Waals surface area contributed by atoms with Gasteiger partial charge in [0.05, 0.1) is 0 Å². The molecule has 0 aliphatic carbocycles. The van der Waals surface area contributed by atoms with Crippen molar-refractivity contribution in [3.8, 4) is 0 Å². The molecule has 0 unspecified atom stereocenters. The first-order valence-electron chi connectivity index (χ1n) is 7.84. The normalized spacial score (nSPS) is 12.2. The number of aryl methyl sites for hydroxylation is 2. The highest BCUT2D eigenvalue weighted by molar-refractivity contribution is 9.10. The molecule has 3 N–H and O–H groups in total. The molecule has 144 valence electrons. The van der Waals surface area contributed by atoms with Crippen molar-refractivity contribution in [2.75, 3.05) is 5.32 Å². The Kier molecular flexibility index (Phi) is 7.77. The van der Waals surface area contributed by atoms with Gasteiger partial charge in [-0.25, -0.2) is 0 Å². The van der Waals surface area contributed by atoms with Crippen LogP contribution in [0, 0.1) is 13.8 Å². The third-order valence-corrected chi connectivity index (χ3v) is 5.02. The summed E-state index contributed by atoms with van der Waals surface area (Å²) >= 11 is 26.7. The van der Waals surface area contributed by atoms with Crippen LogP contribution in [-0.4, -0.2) is 21.0 Å². The number of anilines is 1. The topological polar surface area (TPSA) is 53.2 Å². The Hall–Kier alpha value is -1.05. The van der Waals surface area contributed by atoms with Crippen molar-refractivity contribution in [3.05, 3.63) is 63.6 Å². The van der Waals surface area contributed by atoms with Crippen LogP contribution >= 0.6 is 63.0 Å². The Morgan fingerprint density at radius 3 is 2.26 bits per heavy atom. The van der Waals surface area contributed by atoms with Gasteiger partial charge in [0.15, 0.2) is 5.11 Å². The van der Waals surface area contributed by atoms with E-state index < -0.39 is 15.9 Å². The van der Waals surface area contributed by atoms with Crippen molar-refractivity contribution in [3.63, 3.8) is 0 Å². The monoisotopic (exact) mass is 507 g/mol. The van der Waals surface area contributed by atoms with E-state index in [0.29, 0.717) is 5.56 Å². The van der Waals surface area contributed by atoms with E-state index >= 15 is 0 Å². The highest BCUT2D eigenvalue weighted by Gasteiger charge is 2.34. The molecule has 0 fully saturated rings. The average molecular weight is 510 g/mol. The number of hydrogen-bond acceptors (Lipinski definition) is 2. The Balaban J connectivity index is 2.08. The molecule has 1 amide bonds. The van der Waals surface area contributed by atoms with E-state index in [2.05, 4.69) is 31.9 Å². The predicted octanol–water partition coefficient (Wildman–Crippen LogP) is 5.48. The summed E-state index contributed by atoms with van der Waals surface area (Å²) in [7, 11) is 0. The lowest BCUT2D eigenvalue weighted by molar-refractivity contribution is 0.0934. The first-order chi connectivity index (χ1) is 12.6. The van der Waals surface area contributed by atoms with Crippen molar-refractivity contribution < 1.29 is 4.79 Å². The molecule has 2 aromatic carbocycles. The lowest BCUT2D eigenvalue weighted by atomic mass is 10.1. The van der Waals surface area contributed by atoms with Gasteiger partial charge >= 0.3 is 0 Å². The van der Waals surface area contributed by atoms with Crippen molar-refractivity contribution in [1.82, 2.24) is 10.6 Å². The molecule has 2 aromatic rings. The zero-order valence-corrected chi connectivity index (χ0v) is 19.1. The second kappa shape index (κ2) is 9.43. The van der Waals surface area contributed by atoms with Crippen LogP contribution in [0.15, 0.2) is 46.9 Å². The molecular weight excluding hydrogens is 493 g/mol. The van der Waals surface area contributed by atoms with E-state index in [-0.39, 0.29) is 5.11 Å². The Morgan fingerprint density at radius 1 is 1.07 bits per heavy atom. The molecule has 0 heterocycles. The standard InChI is InChI=1S/C18H17BrCl3N3OS/c1-10-3-8-14(11(2)9-10)23-17(27)25-16(18(20,21)22)24-15(26)12-4-6-13(19)7-5-12/h3-9,16H,1-2H3,(H,24,26)(H2,23,25,27)/t16-/m0/s1. The molecule has 0 bridgehead atoms. The van der Waals surface area contributed by atoms with Gasteiger partial charge in [0.25, 0.3) is 5.91 Å². The van der Waals surface area contributed by atoms with Crippen molar-refractivity contribution >= 4 is 79.7 Å². The van der Waals surface area contributed by atoms with E-state index in [0.717, 1.165) is 21.3 Å². The number of halogens is 4. The number of benzene rings is 2. The SMILES string of the molecule is Cc1ccc(NC(=S)N[C@H](NC(=O)c2ccc(Br)cc2)C(Cl)(Cl)Cl)c(C)c1. The van der Waals surface area contributed by atoms with Gasteiger partial charge in [-0.15, -0.1) is 0 Å². The highest BCUT2D eigenvalue weighted by Crippen LogP contribution is 2.29. The van der Waals surface area contributed by atoms with Gasteiger partial charge in [-0.05, 0) is 62.0 Å². The van der Waals surface area contributed by atoms with Crippen LogP contribution in [-0.2, 0) is 0 Å². The predicted molar refractivity (Wildman–Crippen MR) is 121 cm³/mol. The second-order valence-electron chi connectivity index (χ2n) is 5.87. The first kappa shape index (κ1) is 22.2. The minimum absolute atomic E-state index is 0.217. The molecule has 0 saturated heterocycles. The lowest BCUT2D eigenvalue weighted by Crippen LogP contribution is -2.56. The van der Waals surface area contributed by atoms with Crippen molar-refractivity contribution in [2.45, 2.75) is 23.8 Å². The maximum Gasteiger partial charge on any atom is 0.252 e. The van der Waals surface area contributed by atoms with Crippen molar-refractivity contribution in [1.29, 1.82) is 0 Å². The number of carbonyl (C=O) groups excluding carboxylic acids is 1. The zero-order chi connectivity index (χ0) is 20.2. The van der Waals surface area contributed by atoms with E-state index in [1.165, 1.54) is 0 Å². The average Bonchev–Trinajstić information content (AvgIpc) is 2.56. The molecule has 2 rings (SSSR count). The summed E-state index contributed by atoms with van der Waals surface area (Å²) in [6, 6.07) is 12.7. The summed E-state index contributed by atoms with van der Waals surface area (Å²) in [4.78, 5) is 12.4. The fourth-order valence-electron chi connectivity index (χ4n) is 2.26. The molecule has 1 atom stereocenters. The fourth-order valence-corrected chi connectivity index (χ4v) is 3.08. The minimum atomic E-state index is -1.82. The van der Waals surface area contributed by atoms with Gasteiger partial charge < -0.3 is 16.0 Å². The Bertz CT molecular complexity index is 841. The lowest BCUT2D eigenvalue weighted by Gasteiger charge is -2.28. The van der Waals surface area contributed by atoms with Crippen LogP contribution in [0.3, 0.4) is 0 Å². The molecule has 0 aliphatic rings. The van der Waals surface area contributed by atoms with Crippen LogP contribution in [0.4, 0.5) is 5.69 Å². The molecule has 9 heteroatoms. The third-order valence-electron chi connectivity index (χ3n) is 3.61. The second-order valence-corrected chi connectivity index (χ2v) is 9.56. The summed E-state index contributed by atoms with van der Waals surface area (Å²) in [6.45, 7) is 3.96. The van der Waals surface area contributed by atoms with E-state index in [1.807, 2.05) is 32.0 Å². The molecule has 27 heavy (non-hydrogen) atoms. The smallest absolute Gasteiger partial charge is 0.252 e. The molecule has 0 aliphatic heterocycles. The largest absolute Gasteiger partial charge is 0.339 e. The zero-order valence-electron chi connectivity index (χ0n) is 14.4. The Labute approximate surface area is 187 Å². The van der Waals surface area contributed by atoms with Gasteiger partial charge in [-0.1, -0.05) is 68.4 Å². The van der Waals surface area contributed by atoms with Crippen molar-refractivity contribution in [2.24, 2.45) is 0 Å². The molecule has 0 spiro atoms. The maximum absolute atomic E-state index is 12.4. The summed E-state index contributed by atoms with van der Waals surface area (Å²) in [5.74, 6) is -0.402. The van der Waals surface area contributed by atoms with Crippen LogP contribution in [0.5, 0.6) is 0 Å². The molecule has 0 radical (unpaired) electrons. The maximum atomic E-state index is 12.4. The molecule has 0 saturated carbocycles. The first-order valence-corrected chi connectivity index (χ1v) is 10.2. The minimum Gasteiger partial charge on any atom is -0.339 e. The molecule has 0 aromatic heterocycles. The van der Waals surface area contributed by atoms with Gasteiger partial charge in [0, 0.05) is 15.7 Å². The number of hydrogen-bond donors (Lipinski definition) is 3. The molecular formula is C18H17BrCl3N3OS.